The van der Waals surface area contributed by atoms with Crippen molar-refractivity contribution in [1.82, 2.24) is 0 Å². The Hall–Kier alpha value is -1.75. The quantitative estimate of drug-likeness (QED) is 0.452. The summed E-state index contributed by atoms with van der Waals surface area (Å²) in [6.07, 6.45) is 0. The van der Waals surface area contributed by atoms with Gasteiger partial charge >= 0.3 is 0 Å². The summed E-state index contributed by atoms with van der Waals surface area (Å²) in [5.41, 5.74) is -0.133. The van der Waals surface area contributed by atoms with Crippen LogP contribution < -0.4 is 4.72 Å². The number of hydrogen-bond acceptors (Lipinski definition) is 4. The monoisotopic (exact) mass is 436 g/mol. The molecule has 2 aromatic rings. The first kappa shape index (κ1) is 16.6. The minimum atomic E-state index is -4.27. The van der Waals surface area contributed by atoms with Gasteiger partial charge in [0.25, 0.3) is 15.7 Å². The van der Waals surface area contributed by atoms with Crippen molar-refractivity contribution in [3.05, 3.63) is 61.5 Å². The van der Waals surface area contributed by atoms with Crippen LogP contribution in [0.1, 0.15) is 5.56 Å². The third-order valence-corrected chi connectivity index (χ3v) is 5.18. The van der Waals surface area contributed by atoms with Crippen LogP contribution in [0.3, 0.4) is 0 Å². The van der Waals surface area contributed by atoms with Crippen molar-refractivity contribution in [2.45, 2.75) is 11.8 Å². The predicted molar refractivity (Wildman–Crippen MR) is 87.8 cm³/mol. The Balaban J connectivity index is 2.52. The second-order valence-electron chi connectivity index (χ2n) is 4.41. The zero-order valence-corrected chi connectivity index (χ0v) is 14.2. The fraction of sp³-hybridized carbons (Fsp3) is 0.0769. The SMILES string of the molecule is Cc1cc(F)c(S(=O)(=O)Nc2ccccc2I)cc1[N+](=O)[O-]. The van der Waals surface area contributed by atoms with Gasteiger partial charge in [0.15, 0.2) is 0 Å². The van der Waals surface area contributed by atoms with Crippen molar-refractivity contribution in [3.63, 3.8) is 0 Å². The van der Waals surface area contributed by atoms with Gasteiger partial charge < -0.3 is 0 Å². The lowest BCUT2D eigenvalue weighted by molar-refractivity contribution is -0.385. The number of hydrogen-bond donors (Lipinski definition) is 1. The van der Waals surface area contributed by atoms with Crippen molar-refractivity contribution in [2.24, 2.45) is 0 Å². The van der Waals surface area contributed by atoms with Crippen LogP contribution in [0.4, 0.5) is 15.8 Å². The molecule has 0 aliphatic rings. The van der Waals surface area contributed by atoms with Gasteiger partial charge in [0, 0.05) is 15.2 Å². The number of rotatable bonds is 4. The second-order valence-corrected chi connectivity index (χ2v) is 7.22. The van der Waals surface area contributed by atoms with Gasteiger partial charge in [0.05, 0.1) is 10.6 Å². The van der Waals surface area contributed by atoms with Gasteiger partial charge in [-0.05, 0) is 47.7 Å². The Bertz CT molecular complexity index is 855. The van der Waals surface area contributed by atoms with E-state index in [1.54, 1.807) is 18.2 Å². The topological polar surface area (TPSA) is 89.3 Å². The van der Waals surface area contributed by atoms with E-state index in [2.05, 4.69) is 4.72 Å². The first-order valence-electron chi connectivity index (χ1n) is 5.94. The van der Waals surface area contributed by atoms with Crippen LogP contribution in [0.2, 0.25) is 0 Å². The summed E-state index contributed by atoms with van der Waals surface area (Å²) >= 11 is 1.92. The molecule has 1 N–H and O–H groups in total. The van der Waals surface area contributed by atoms with E-state index < -0.39 is 31.3 Å². The molecule has 0 aliphatic heterocycles. The molecule has 9 heteroatoms. The van der Waals surface area contributed by atoms with E-state index in [-0.39, 0.29) is 11.3 Å². The molecule has 6 nitrogen and oxygen atoms in total. The van der Waals surface area contributed by atoms with Crippen molar-refractivity contribution >= 4 is 44.0 Å². The Morgan fingerprint density at radius 2 is 1.91 bits per heavy atom. The van der Waals surface area contributed by atoms with Crippen molar-refractivity contribution < 1.29 is 17.7 Å². The van der Waals surface area contributed by atoms with Crippen molar-refractivity contribution in [2.75, 3.05) is 4.72 Å². The van der Waals surface area contributed by atoms with E-state index in [0.717, 1.165) is 12.1 Å². The Labute approximate surface area is 139 Å². The van der Waals surface area contributed by atoms with Crippen LogP contribution in [0, 0.1) is 26.4 Å². The van der Waals surface area contributed by atoms with Gasteiger partial charge in [-0.15, -0.1) is 0 Å². The van der Waals surface area contributed by atoms with E-state index in [1.807, 2.05) is 22.6 Å². The molecule has 2 rings (SSSR count). The van der Waals surface area contributed by atoms with E-state index in [0.29, 0.717) is 3.57 Å². The van der Waals surface area contributed by atoms with Crippen LogP contribution in [-0.2, 0) is 10.0 Å². The molecule has 116 valence electrons. The number of sulfonamides is 1. The number of para-hydroxylation sites is 1. The molecular formula is C13H10FIN2O4S. The summed E-state index contributed by atoms with van der Waals surface area (Å²) in [6, 6.07) is 8.09. The average molecular weight is 436 g/mol. The lowest BCUT2D eigenvalue weighted by Crippen LogP contribution is -2.16. The van der Waals surface area contributed by atoms with E-state index in [9.17, 15) is 22.9 Å². The van der Waals surface area contributed by atoms with Gasteiger partial charge in [-0.1, -0.05) is 12.1 Å². The number of nitrogens with zero attached hydrogens (tertiary/aromatic N) is 1. The zero-order chi connectivity index (χ0) is 16.5. The van der Waals surface area contributed by atoms with Gasteiger partial charge in [0.2, 0.25) is 0 Å². The molecule has 0 atom stereocenters. The molecule has 0 radical (unpaired) electrons. The fourth-order valence-electron chi connectivity index (χ4n) is 1.79. The standard InChI is InChI=1S/C13H10FIN2O4S/c1-8-6-9(14)13(7-12(8)17(18)19)22(20,21)16-11-5-3-2-4-10(11)15/h2-7,16H,1H3. The molecule has 0 heterocycles. The minimum absolute atomic E-state index is 0.0516. The highest BCUT2D eigenvalue weighted by Crippen LogP contribution is 2.28. The molecule has 0 bridgehead atoms. The summed E-state index contributed by atoms with van der Waals surface area (Å²) in [4.78, 5) is 9.38. The van der Waals surface area contributed by atoms with Crippen LogP contribution in [0.25, 0.3) is 0 Å². The maximum Gasteiger partial charge on any atom is 0.273 e. The lowest BCUT2D eigenvalue weighted by atomic mass is 10.2. The second kappa shape index (κ2) is 6.16. The molecule has 0 amide bonds. The molecule has 0 unspecified atom stereocenters. The van der Waals surface area contributed by atoms with Crippen molar-refractivity contribution in [1.29, 1.82) is 0 Å². The normalized spacial score (nSPS) is 11.2. The van der Waals surface area contributed by atoms with E-state index in [1.165, 1.54) is 13.0 Å². The molecule has 0 aromatic heterocycles. The van der Waals surface area contributed by atoms with Gasteiger partial charge in [-0.2, -0.15) is 0 Å². The highest BCUT2D eigenvalue weighted by atomic mass is 127. The smallest absolute Gasteiger partial charge is 0.273 e. The first-order chi connectivity index (χ1) is 10.2. The Kier molecular flexibility index (Phi) is 4.66. The first-order valence-corrected chi connectivity index (χ1v) is 8.50. The Morgan fingerprint density at radius 1 is 1.27 bits per heavy atom. The number of nitro benzene ring substituents is 1. The minimum Gasteiger partial charge on any atom is -0.278 e. The molecule has 0 saturated carbocycles. The number of nitro groups is 1. The largest absolute Gasteiger partial charge is 0.278 e. The summed E-state index contributed by atoms with van der Waals surface area (Å²) in [5.74, 6) is -1.04. The third kappa shape index (κ3) is 3.35. The highest BCUT2D eigenvalue weighted by Gasteiger charge is 2.25. The van der Waals surface area contributed by atoms with Crippen LogP contribution in [-0.4, -0.2) is 13.3 Å². The Morgan fingerprint density at radius 3 is 2.50 bits per heavy atom. The van der Waals surface area contributed by atoms with Crippen LogP contribution in [0.15, 0.2) is 41.3 Å². The molecule has 0 saturated heterocycles. The van der Waals surface area contributed by atoms with Crippen LogP contribution >= 0.6 is 22.6 Å². The number of benzene rings is 2. The molecule has 0 fully saturated rings. The zero-order valence-electron chi connectivity index (χ0n) is 11.2. The van der Waals surface area contributed by atoms with Gasteiger partial charge in [0.1, 0.15) is 10.7 Å². The third-order valence-electron chi connectivity index (χ3n) is 2.85. The number of aryl methyl sites for hydroxylation is 1. The molecule has 0 aliphatic carbocycles. The molecule has 2 aromatic carbocycles. The summed E-state index contributed by atoms with van der Waals surface area (Å²) in [5, 5.41) is 10.9. The van der Waals surface area contributed by atoms with Gasteiger partial charge in [-0.3, -0.25) is 14.8 Å². The average Bonchev–Trinajstić information content (AvgIpc) is 2.40. The van der Waals surface area contributed by atoms with E-state index >= 15 is 0 Å². The number of halogens is 2. The fourth-order valence-corrected chi connectivity index (χ4v) is 3.65. The lowest BCUT2D eigenvalue weighted by Gasteiger charge is -2.11. The number of anilines is 1. The maximum atomic E-state index is 13.9. The van der Waals surface area contributed by atoms with Crippen molar-refractivity contribution in [3.8, 4) is 0 Å². The molecular weight excluding hydrogens is 426 g/mol. The summed E-state index contributed by atoms with van der Waals surface area (Å²) in [6.45, 7) is 1.34. The van der Waals surface area contributed by atoms with Gasteiger partial charge in [-0.25, -0.2) is 12.8 Å². The highest BCUT2D eigenvalue weighted by molar-refractivity contribution is 14.1. The summed E-state index contributed by atoms with van der Waals surface area (Å²) in [7, 11) is -4.27. The maximum absolute atomic E-state index is 13.9. The summed E-state index contributed by atoms with van der Waals surface area (Å²) < 4.78 is 41.4. The molecule has 0 spiro atoms. The number of nitrogens with one attached hydrogen (secondary N) is 1. The molecule has 22 heavy (non-hydrogen) atoms. The van der Waals surface area contributed by atoms with Crippen LogP contribution in [0.5, 0.6) is 0 Å². The van der Waals surface area contributed by atoms with E-state index in [4.69, 9.17) is 0 Å². The predicted octanol–water partition coefficient (Wildman–Crippen LogP) is 3.45.